The van der Waals surface area contributed by atoms with Gasteiger partial charge >= 0.3 is 0 Å². The van der Waals surface area contributed by atoms with Crippen LogP contribution in [0.2, 0.25) is 0 Å². The first-order valence-corrected chi connectivity index (χ1v) is 5.72. The quantitative estimate of drug-likeness (QED) is 0.711. The fourth-order valence-electron chi connectivity index (χ4n) is 1.76. The summed E-state index contributed by atoms with van der Waals surface area (Å²) in [4.78, 5) is 10.9. The molecule has 86 valence electrons. The summed E-state index contributed by atoms with van der Waals surface area (Å²) in [6.07, 6.45) is 2.54. The van der Waals surface area contributed by atoms with Gasteiger partial charge in [-0.15, -0.1) is 0 Å². The lowest BCUT2D eigenvalue weighted by molar-refractivity contribution is 0.154. The highest BCUT2D eigenvalue weighted by molar-refractivity contribution is 5.99. The molecule has 0 aliphatic carbocycles. The van der Waals surface area contributed by atoms with Crippen molar-refractivity contribution in [1.29, 1.82) is 0 Å². The van der Waals surface area contributed by atoms with E-state index in [1.807, 2.05) is 0 Å². The molecule has 1 saturated heterocycles. The van der Waals surface area contributed by atoms with Crippen LogP contribution in [0.1, 0.15) is 27.2 Å². The van der Waals surface area contributed by atoms with Gasteiger partial charge in [-0.2, -0.15) is 0 Å². The molecule has 0 saturated carbocycles. The Hall–Kier alpha value is -1.54. The molecular weight excluding hydrogens is 202 g/mol. The number of morpholine rings is 1. The summed E-state index contributed by atoms with van der Waals surface area (Å²) in [6, 6.07) is 0.419. The van der Waals surface area contributed by atoms with E-state index in [-0.39, 0.29) is 0 Å². The van der Waals surface area contributed by atoms with Gasteiger partial charge in [0.1, 0.15) is 12.3 Å². The van der Waals surface area contributed by atoms with Gasteiger partial charge in [0, 0.05) is 11.9 Å². The second kappa shape index (κ2) is 4.54. The lowest BCUT2D eigenvalue weighted by Gasteiger charge is -2.34. The third-order valence-corrected chi connectivity index (χ3v) is 2.66. The molecule has 2 rings (SSSR count). The summed E-state index contributed by atoms with van der Waals surface area (Å²) in [6.45, 7) is 7.94. The molecule has 0 spiro atoms. The van der Waals surface area contributed by atoms with Crippen molar-refractivity contribution < 1.29 is 4.74 Å². The maximum Gasteiger partial charge on any atom is 0.180 e. The zero-order valence-electron chi connectivity index (χ0n) is 10.0. The number of amidine groups is 1. The van der Waals surface area contributed by atoms with Crippen LogP contribution < -0.4 is 0 Å². The molecule has 0 atom stereocenters. The van der Waals surface area contributed by atoms with Crippen molar-refractivity contribution in [3.8, 4) is 0 Å². The second-order valence-electron chi connectivity index (χ2n) is 4.11. The van der Waals surface area contributed by atoms with Crippen LogP contribution in [0.15, 0.2) is 27.6 Å². The van der Waals surface area contributed by atoms with E-state index in [0.717, 1.165) is 30.3 Å². The summed E-state index contributed by atoms with van der Waals surface area (Å²) in [5.74, 6) is 4.57. The largest absolute Gasteiger partial charge is 0.486 e. The highest BCUT2D eigenvalue weighted by Gasteiger charge is 2.25. The molecule has 0 N–H and O–H groups in total. The van der Waals surface area contributed by atoms with Gasteiger partial charge in [0.2, 0.25) is 0 Å². The number of ether oxygens (including phenoxy) is 1. The minimum Gasteiger partial charge on any atom is -0.486 e. The Balaban J connectivity index is 2.37. The minimum atomic E-state index is 0.419. The molecule has 2 aliphatic heterocycles. The van der Waals surface area contributed by atoms with Gasteiger partial charge in [-0.3, -0.25) is 0 Å². The van der Waals surface area contributed by atoms with Crippen molar-refractivity contribution in [2.75, 3.05) is 13.2 Å². The summed E-state index contributed by atoms with van der Waals surface area (Å²) in [5, 5.41) is 0. The predicted molar refractivity (Wildman–Crippen MR) is 64.6 cm³/mol. The van der Waals surface area contributed by atoms with E-state index in [1.54, 1.807) is 6.20 Å². The summed E-state index contributed by atoms with van der Waals surface area (Å²) in [7, 11) is 0. The maximum atomic E-state index is 5.58. The number of allylic oxidation sites excluding steroid dienone is 1. The normalized spacial score (nSPS) is 19.5. The van der Waals surface area contributed by atoms with Crippen LogP contribution in [0.5, 0.6) is 0 Å². The Morgan fingerprint density at radius 1 is 1.56 bits per heavy atom. The average Bonchev–Trinajstić information content (AvgIpc) is 2.49. The molecule has 0 aromatic rings. The third-order valence-electron chi connectivity index (χ3n) is 2.66. The molecule has 1 fully saturated rings. The lowest BCUT2D eigenvalue weighted by Crippen LogP contribution is -2.44. The number of nitrogens with zero attached hydrogens (tertiary/aromatic N) is 3. The molecule has 2 aliphatic rings. The number of hydrogen-bond donors (Lipinski definition) is 0. The summed E-state index contributed by atoms with van der Waals surface area (Å²) in [5.41, 5.74) is 0.873. The number of hydrogen-bond acceptors (Lipinski definition) is 4. The Labute approximate surface area is 96.0 Å². The van der Waals surface area contributed by atoms with Crippen molar-refractivity contribution >= 4 is 11.7 Å². The molecule has 4 heteroatoms. The first-order chi connectivity index (χ1) is 7.72. The van der Waals surface area contributed by atoms with E-state index >= 15 is 0 Å². The van der Waals surface area contributed by atoms with Crippen molar-refractivity contribution in [1.82, 2.24) is 4.90 Å². The maximum absolute atomic E-state index is 5.58. The highest BCUT2D eigenvalue weighted by atomic mass is 16.5. The monoisotopic (exact) mass is 219 g/mol. The fourth-order valence-corrected chi connectivity index (χ4v) is 1.76. The molecule has 0 aromatic carbocycles. The Bertz CT molecular complexity index is 400. The van der Waals surface area contributed by atoms with Crippen molar-refractivity contribution in [2.24, 2.45) is 9.98 Å². The van der Waals surface area contributed by atoms with Gasteiger partial charge in [0.05, 0.1) is 12.7 Å². The van der Waals surface area contributed by atoms with Crippen LogP contribution in [0.4, 0.5) is 0 Å². The standard InChI is InChI=1S/C12H17N3O/c1-4-10-7-13-8-11-12(14-10)15(9(2)3)5-6-16-11/h8-9H,4-6H2,1-3H3. The molecule has 4 nitrogen and oxygen atoms in total. The first kappa shape index (κ1) is 11.0. The minimum absolute atomic E-state index is 0.419. The van der Waals surface area contributed by atoms with Gasteiger partial charge in [-0.05, 0) is 20.3 Å². The lowest BCUT2D eigenvalue weighted by atomic mass is 10.2. The van der Waals surface area contributed by atoms with E-state index in [0.29, 0.717) is 12.6 Å². The smallest absolute Gasteiger partial charge is 0.180 e. The second-order valence-corrected chi connectivity index (χ2v) is 4.11. The molecular formula is C12H17N3O. The van der Waals surface area contributed by atoms with Crippen molar-refractivity contribution in [3.63, 3.8) is 0 Å². The van der Waals surface area contributed by atoms with E-state index in [2.05, 4.69) is 41.5 Å². The molecule has 16 heavy (non-hydrogen) atoms. The molecule has 0 radical (unpaired) electrons. The molecule has 0 aromatic heterocycles. The van der Waals surface area contributed by atoms with Gasteiger partial charge in [0.15, 0.2) is 11.6 Å². The van der Waals surface area contributed by atoms with Crippen molar-refractivity contribution in [3.05, 3.63) is 17.7 Å². The van der Waals surface area contributed by atoms with E-state index in [4.69, 9.17) is 4.74 Å². The highest BCUT2D eigenvalue weighted by Crippen LogP contribution is 2.18. The number of rotatable bonds is 2. The summed E-state index contributed by atoms with van der Waals surface area (Å²) >= 11 is 0. The summed E-state index contributed by atoms with van der Waals surface area (Å²) < 4.78 is 5.58. The first-order valence-electron chi connectivity index (χ1n) is 5.72. The third kappa shape index (κ3) is 2.02. The van der Waals surface area contributed by atoms with E-state index in [9.17, 15) is 0 Å². The van der Waals surface area contributed by atoms with E-state index in [1.165, 1.54) is 0 Å². The van der Waals surface area contributed by atoms with Crippen LogP contribution >= 0.6 is 0 Å². The van der Waals surface area contributed by atoms with Crippen LogP contribution in [0.25, 0.3) is 0 Å². The van der Waals surface area contributed by atoms with Crippen molar-refractivity contribution in [2.45, 2.75) is 33.2 Å². The zero-order chi connectivity index (χ0) is 11.5. The van der Waals surface area contributed by atoms with Crippen LogP contribution in [0, 0.1) is 0 Å². The van der Waals surface area contributed by atoms with Gasteiger partial charge in [-0.25, -0.2) is 9.98 Å². The SMILES string of the molecule is CCC1=C=NC=C2OCCN(C(C)C)C2=N1. The molecule has 2 heterocycles. The fraction of sp³-hybridized carbons (Fsp3) is 0.583. The number of fused-ring (bicyclic) bond motifs is 1. The molecule has 0 unspecified atom stereocenters. The predicted octanol–water partition coefficient (Wildman–Crippen LogP) is 1.94. The van der Waals surface area contributed by atoms with Crippen LogP contribution in [-0.2, 0) is 4.74 Å². The Kier molecular flexibility index (Phi) is 3.11. The Morgan fingerprint density at radius 3 is 3.06 bits per heavy atom. The molecule has 0 amide bonds. The average molecular weight is 219 g/mol. The van der Waals surface area contributed by atoms with Crippen LogP contribution in [-0.4, -0.2) is 35.8 Å². The van der Waals surface area contributed by atoms with Gasteiger partial charge in [-0.1, -0.05) is 6.92 Å². The number of aliphatic imine (C=N–C) groups is 2. The van der Waals surface area contributed by atoms with E-state index < -0.39 is 0 Å². The zero-order valence-corrected chi connectivity index (χ0v) is 10.0. The van der Waals surface area contributed by atoms with Crippen LogP contribution in [0.3, 0.4) is 0 Å². The Morgan fingerprint density at radius 2 is 2.38 bits per heavy atom. The van der Waals surface area contributed by atoms with Gasteiger partial charge in [0.25, 0.3) is 0 Å². The molecule has 0 bridgehead atoms. The van der Waals surface area contributed by atoms with Gasteiger partial charge < -0.3 is 9.64 Å². The topological polar surface area (TPSA) is 37.2 Å².